The van der Waals surface area contributed by atoms with Gasteiger partial charge in [0.25, 0.3) is 5.91 Å². The third-order valence-corrected chi connectivity index (χ3v) is 4.89. The maximum atomic E-state index is 12.4. The standard InChI is InChI=1S/C21H30N4O4/c1-4-20(26)25(12-17-8-6-10-28-17)11-16-7-5-9-24(16)13-19-23-18(14-29-19)21(27)22-15(2)3/h5,7,9,14-15,17H,4,6,8,10-13H2,1-3H3,(H,22,27). The molecule has 29 heavy (non-hydrogen) atoms. The molecular formula is C21H30N4O4. The van der Waals surface area contributed by atoms with Gasteiger partial charge < -0.3 is 23.9 Å². The van der Waals surface area contributed by atoms with Gasteiger partial charge in [-0.1, -0.05) is 6.92 Å². The summed E-state index contributed by atoms with van der Waals surface area (Å²) in [4.78, 5) is 30.7. The largest absolute Gasteiger partial charge is 0.446 e. The molecule has 0 radical (unpaired) electrons. The summed E-state index contributed by atoms with van der Waals surface area (Å²) in [7, 11) is 0. The molecule has 0 bridgehead atoms. The number of nitrogens with zero attached hydrogens (tertiary/aromatic N) is 3. The fraction of sp³-hybridized carbons (Fsp3) is 0.571. The highest BCUT2D eigenvalue weighted by molar-refractivity contribution is 5.92. The van der Waals surface area contributed by atoms with Gasteiger partial charge in [-0.25, -0.2) is 4.98 Å². The predicted octanol–water partition coefficient (Wildman–Crippen LogP) is 2.58. The lowest BCUT2D eigenvalue weighted by Gasteiger charge is -2.25. The molecule has 1 atom stereocenters. The molecule has 1 unspecified atom stereocenters. The minimum atomic E-state index is -0.251. The van der Waals surface area contributed by atoms with Crippen molar-refractivity contribution in [2.45, 2.75) is 65.3 Å². The normalized spacial score (nSPS) is 16.3. The molecule has 1 aliphatic heterocycles. The van der Waals surface area contributed by atoms with Crippen molar-refractivity contribution in [2.24, 2.45) is 0 Å². The summed E-state index contributed by atoms with van der Waals surface area (Å²) in [5, 5.41) is 2.80. The highest BCUT2D eigenvalue weighted by atomic mass is 16.5. The van der Waals surface area contributed by atoms with Gasteiger partial charge in [0, 0.05) is 37.5 Å². The Kier molecular flexibility index (Phi) is 7.09. The molecule has 0 spiro atoms. The average molecular weight is 402 g/mol. The number of hydrogen-bond acceptors (Lipinski definition) is 5. The number of rotatable bonds is 9. The van der Waals surface area contributed by atoms with Crippen LogP contribution in [0.1, 0.15) is 62.1 Å². The summed E-state index contributed by atoms with van der Waals surface area (Å²) in [6.45, 7) is 7.94. The van der Waals surface area contributed by atoms with Crippen molar-refractivity contribution in [3.05, 3.63) is 41.9 Å². The minimum Gasteiger partial charge on any atom is -0.446 e. The molecule has 1 N–H and O–H groups in total. The van der Waals surface area contributed by atoms with E-state index in [9.17, 15) is 9.59 Å². The van der Waals surface area contributed by atoms with Crippen LogP contribution in [0.2, 0.25) is 0 Å². The van der Waals surface area contributed by atoms with E-state index < -0.39 is 0 Å². The molecule has 2 aromatic rings. The van der Waals surface area contributed by atoms with Crippen LogP contribution in [0.15, 0.2) is 29.0 Å². The van der Waals surface area contributed by atoms with E-state index in [-0.39, 0.29) is 29.7 Å². The van der Waals surface area contributed by atoms with E-state index in [2.05, 4.69) is 10.3 Å². The van der Waals surface area contributed by atoms with Crippen molar-refractivity contribution in [1.82, 2.24) is 19.8 Å². The molecule has 8 heteroatoms. The van der Waals surface area contributed by atoms with Crippen molar-refractivity contribution < 1.29 is 18.7 Å². The minimum absolute atomic E-state index is 0.0321. The Bertz CT molecular complexity index is 820. The Morgan fingerprint density at radius 2 is 2.24 bits per heavy atom. The third-order valence-electron chi connectivity index (χ3n) is 4.89. The Morgan fingerprint density at radius 1 is 1.41 bits per heavy atom. The van der Waals surface area contributed by atoms with Crippen LogP contribution < -0.4 is 5.32 Å². The first-order valence-corrected chi connectivity index (χ1v) is 10.2. The van der Waals surface area contributed by atoms with Gasteiger partial charge in [-0.15, -0.1) is 0 Å². The molecule has 1 fully saturated rings. The van der Waals surface area contributed by atoms with Gasteiger partial charge in [0.05, 0.1) is 19.2 Å². The fourth-order valence-corrected chi connectivity index (χ4v) is 3.42. The second-order valence-electron chi connectivity index (χ2n) is 7.64. The monoisotopic (exact) mass is 402 g/mol. The van der Waals surface area contributed by atoms with Crippen molar-refractivity contribution in [3.8, 4) is 0 Å². The Hall–Kier alpha value is -2.61. The number of amides is 2. The van der Waals surface area contributed by atoms with Crippen LogP contribution in [0.5, 0.6) is 0 Å². The highest BCUT2D eigenvalue weighted by Gasteiger charge is 2.23. The number of ether oxygens (including phenoxy) is 1. The zero-order chi connectivity index (χ0) is 20.8. The first-order chi connectivity index (χ1) is 14.0. The summed E-state index contributed by atoms with van der Waals surface area (Å²) in [6, 6.07) is 3.95. The number of hydrogen-bond donors (Lipinski definition) is 1. The maximum Gasteiger partial charge on any atom is 0.273 e. The summed E-state index contributed by atoms with van der Waals surface area (Å²) in [5.41, 5.74) is 1.25. The van der Waals surface area contributed by atoms with Gasteiger partial charge in [0.2, 0.25) is 11.8 Å². The van der Waals surface area contributed by atoms with Crippen LogP contribution in [0.3, 0.4) is 0 Å². The summed E-state index contributed by atoms with van der Waals surface area (Å²) < 4.78 is 13.2. The molecule has 158 valence electrons. The molecular weight excluding hydrogens is 372 g/mol. The van der Waals surface area contributed by atoms with Crippen LogP contribution in [0.4, 0.5) is 0 Å². The smallest absolute Gasteiger partial charge is 0.273 e. The van der Waals surface area contributed by atoms with Crippen LogP contribution >= 0.6 is 0 Å². The summed E-state index contributed by atoms with van der Waals surface area (Å²) in [6.07, 6.45) is 5.91. The molecule has 8 nitrogen and oxygen atoms in total. The molecule has 2 aromatic heterocycles. The molecule has 1 saturated heterocycles. The maximum absolute atomic E-state index is 12.4. The Morgan fingerprint density at radius 3 is 2.93 bits per heavy atom. The van der Waals surface area contributed by atoms with Gasteiger partial charge in [-0.2, -0.15) is 0 Å². The van der Waals surface area contributed by atoms with Crippen molar-refractivity contribution in [3.63, 3.8) is 0 Å². The Balaban J connectivity index is 1.67. The van der Waals surface area contributed by atoms with E-state index >= 15 is 0 Å². The van der Waals surface area contributed by atoms with Crippen LogP contribution in [-0.2, 0) is 22.6 Å². The molecule has 0 aromatic carbocycles. The first-order valence-electron chi connectivity index (χ1n) is 10.2. The fourth-order valence-electron chi connectivity index (χ4n) is 3.42. The number of oxazole rings is 1. The van der Waals surface area contributed by atoms with E-state index in [1.165, 1.54) is 6.26 Å². The van der Waals surface area contributed by atoms with Crippen molar-refractivity contribution in [1.29, 1.82) is 0 Å². The van der Waals surface area contributed by atoms with Crippen molar-refractivity contribution >= 4 is 11.8 Å². The number of aromatic nitrogens is 2. The van der Waals surface area contributed by atoms with Crippen LogP contribution in [-0.4, -0.2) is 51.6 Å². The predicted molar refractivity (Wildman–Crippen MR) is 107 cm³/mol. The van der Waals surface area contributed by atoms with Crippen LogP contribution in [0, 0.1) is 0 Å². The third kappa shape index (κ3) is 5.69. The van der Waals surface area contributed by atoms with E-state index in [0.717, 1.165) is 25.1 Å². The lowest BCUT2D eigenvalue weighted by Crippen LogP contribution is -2.37. The molecule has 3 heterocycles. The van der Waals surface area contributed by atoms with Gasteiger partial charge in [0.1, 0.15) is 6.26 Å². The Labute approximate surface area is 171 Å². The quantitative estimate of drug-likeness (QED) is 0.696. The lowest BCUT2D eigenvalue weighted by molar-refractivity contribution is -0.133. The number of nitrogens with one attached hydrogen (secondary N) is 1. The van der Waals surface area contributed by atoms with Gasteiger partial charge in [0.15, 0.2) is 5.69 Å². The van der Waals surface area contributed by atoms with E-state index in [0.29, 0.717) is 31.9 Å². The van der Waals surface area contributed by atoms with Crippen LogP contribution in [0.25, 0.3) is 0 Å². The molecule has 0 saturated carbocycles. The summed E-state index contributed by atoms with van der Waals surface area (Å²) >= 11 is 0. The molecule has 3 rings (SSSR count). The SMILES string of the molecule is CCC(=O)N(Cc1cccn1Cc1nc(C(=O)NC(C)C)co1)CC1CCCO1. The topological polar surface area (TPSA) is 89.6 Å². The average Bonchev–Trinajstić information content (AvgIpc) is 3.43. The second kappa shape index (κ2) is 9.73. The van der Waals surface area contributed by atoms with E-state index in [1.54, 1.807) is 0 Å². The van der Waals surface area contributed by atoms with Crippen molar-refractivity contribution in [2.75, 3.05) is 13.2 Å². The van der Waals surface area contributed by atoms with E-state index in [1.807, 2.05) is 48.6 Å². The molecule has 2 amide bonds. The molecule has 1 aliphatic rings. The zero-order valence-electron chi connectivity index (χ0n) is 17.4. The second-order valence-corrected chi connectivity index (χ2v) is 7.64. The lowest BCUT2D eigenvalue weighted by atomic mass is 10.2. The summed E-state index contributed by atoms with van der Waals surface area (Å²) in [5.74, 6) is 0.305. The van der Waals surface area contributed by atoms with Gasteiger partial charge in [-0.3, -0.25) is 9.59 Å². The van der Waals surface area contributed by atoms with E-state index in [4.69, 9.17) is 9.15 Å². The van der Waals surface area contributed by atoms with Gasteiger partial charge in [-0.05, 0) is 38.8 Å². The zero-order valence-corrected chi connectivity index (χ0v) is 17.4. The number of carbonyl (C=O) groups is 2. The molecule has 0 aliphatic carbocycles. The van der Waals surface area contributed by atoms with Gasteiger partial charge >= 0.3 is 0 Å². The highest BCUT2D eigenvalue weighted by Crippen LogP contribution is 2.17. The number of carbonyl (C=O) groups excluding carboxylic acids is 2. The first kappa shape index (κ1) is 21.1.